The molecule has 2 unspecified atom stereocenters. The van der Waals surface area contributed by atoms with Crippen LogP contribution in [0.25, 0.3) is 0 Å². The predicted octanol–water partition coefficient (Wildman–Crippen LogP) is -0.0729. The van der Waals surface area contributed by atoms with Gasteiger partial charge in [-0.05, 0) is 12.0 Å². The average molecular weight is 218 g/mol. The molecule has 0 bridgehead atoms. The van der Waals surface area contributed by atoms with Crippen LogP contribution in [0.4, 0.5) is 0 Å². The van der Waals surface area contributed by atoms with E-state index >= 15 is 0 Å². The van der Waals surface area contributed by atoms with Crippen LogP contribution in [0.15, 0.2) is 30.3 Å². The summed E-state index contributed by atoms with van der Waals surface area (Å²) in [5.74, 6) is -3.75. The molecule has 16 heavy (non-hydrogen) atoms. The minimum absolute atomic E-state index is 0.221. The lowest BCUT2D eigenvalue weighted by molar-refractivity contribution is -0.141. The fraction of sp³-hybridized carbons (Fsp3) is 0.250. The SMILES string of the molecule is O=C1C(=O)C(O)C(Cc2ccccc2)C1=O. The topological polar surface area (TPSA) is 71.4 Å². The van der Waals surface area contributed by atoms with Crippen LogP contribution in [-0.4, -0.2) is 28.6 Å². The van der Waals surface area contributed by atoms with E-state index in [4.69, 9.17) is 0 Å². The highest BCUT2D eigenvalue weighted by Gasteiger charge is 2.47. The normalized spacial score (nSPS) is 25.2. The number of carbonyl (C=O) groups excluding carboxylic acids is 3. The monoisotopic (exact) mass is 218 g/mol. The van der Waals surface area contributed by atoms with Crippen molar-refractivity contribution in [2.75, 3.05) is 0 Å². The van der Waals surface area contributed by atoms with Gasteiger partial charge in [-0.1, -0.05) is 30.3 Å². The summed E-state index contributed by atoms with van der Waals surface area (Å²) < 4.78 is 0. The van der Waals surface area contributed by atoms with Crippen molar-refractivity contribution in [2.24, 2.45) is 5.92 Å². The lowest BCUT2D eigenvalue weighted by atomic mass is 9.95. The number of hydrogen-bond acceptors (Lipinski definition) is 4. The summed E-state index contributed by atoms with van der Waals surface area (Å²) in [5.41, 5.74) is 0.822. The van der Waals surface area contributed by atoms with Gasteiger partial charge < -0.3 is 5.11 Å². The number of aliphatic hydroxyl groups excluding tert-OH is 1. The Hall–Kier alpha value is -1.81. The number of hydrogen-bond donors (Lipinski definition) is 1. The molecule has 0 aromatic heterocycles. The van der Waals surface area contributed by atoms with E-state index in [0.717, 1.165) is 5.56 Å². The van der Waals surface area contributed by atoms with E-state index in [9.17, 15) is 19.5 Å². The highest BCUT2D eigenvalue weighted by atomic mass is 16.3. The largest absolute Gasteiger partial charge is 0.384 e. The highest BCUT2D eigenvalue weighted by Crippen LogP contribution is 2.21. The molecule has 4 heteroatoms. The quantitative estimate of drug-likeness (QED) is 0.705. The Bertz CT molecular complexity index is 449. The van der Waals surface area contributed by atoms with E-state index in [1.165, 1.54) is 0 Å². The predicted molar refractivity (Wildman–Crippen MR) is 54.7 cm³/mol. The Labute approximate surface area is 91.9 Å². The highest BCUT2D eigenvalue weighted by molar-refractivity contribution is 6.68. The van der Waals surface area contributed by atoms with Crippen LogP contribution in [0.1, 0.15) is 5.56 Å². The fourth-order valence-electron chi connectivity index (χ4n) is 1.82. The van der Waals surface area contributed by atoms with Gasteiger partial charge in [-0.15, -0.1) is 0 Å². The Morgan fingerprint density at radius 2 is 1.62 bits per heavy atom. The summed E-state index contributed by atoms with van der Waals surface area (Å²) in [6.45, 7) is 0. The zero-order valence-electron chi connectivity index (χ0n) is 8.42. The van der Waals surface area contributed by atoms with Crippen LogP contribution in [0.3, 0.4) is 0 Å². The molecular weight excluding hydrogens is 208 g/mol. The molecule has 1 N–H and O–H groups in total. The zero-order chi connectivity index (χ0) is 11.7. The zero-order valence-corrected chi connectivity index (χ0v) is 8.42. The summed E-state index contributed by atoms with van der Waals surface area (Å²) in [6.07, 6.45) is -1.25. The molecule has 1 aliphatic carbocycles. The van der Waals surface area contributed by atoms with Gasteiger partial charge in [0.1, 0.15) is 6.10 Å². The molecule has 2 atom stereocenters. The van der Waals surface area contributed by atoms with Crippen molar-refractivity contribution < 1.29 is 19.5 Å². The molecule has 1 saturated carbocycles. The van der Waals surface area contributed by atoms with Crippen molar-refractivity contribution in [1.82, 2.24) is 0 Å². The van der Waals surface area contributed by atoms with Gasteiger partial charge in [-0.2, -0.15) is 0 Å². The molecule has 2 rings (SSSR count). The molecule has 0 amide bonds. The van der Waals surface area contributed by atoms with Crippen molar-refractivity contribution in [3.63, 3.8) is 0 Å². The number of carbonyl (C=O) groups is 3. The Morgan fingerprint density at radius 1 is 1.00 bits per heavy atom. The van der Waals surface area contributed by atoms with Gasteiger partial charge in [0, 0.05) is 0 Å². The Kier molecular flexibility index (Phi) is 2.66. The van der Waals surface area contributed by atoms with Gasteiger partial charge in [0.15, 0.2) is 0 Å². The molecule has 0 radical (unpaired) electrons. The second kappa shape index (κ2) is 3.98. The Balaban J connectivity index is 2.20. The molecule has 1 aromatic rings. The molecule has 0 heterocycles. The summed E-state index contributed by atoms with van der Waals surface area (Å²) in [5, 5.41) is 9.47. The molecule has 1 aromatic carbocycles. The number of Topliss-reactive ketones (excluding diaryl/α,β-unsaturated/α-hetero) is 3. The number of aliphatic hydroxyl groups is 1. The molecule has 1 fully saturated rings. The first kappa shape index (κ1) is 10.7. The molecule has 0 saturated heterocycles. The van der Waals surface area contributed by atoms with Gasteiger partial charge in [-0.25, -0.2) is 0 Å². The van der Waals surface area contributed by atoms with E-state index in [0.29, 0.717) is 0 Å². The minimum Gasteiger partial charge on any atom is -0.384 e. The third kappa shape index (κ3) is 1.67. The van der Waals surface area contributed by atoms with Gasteiger partial charge in [0.2, 0.25) is 11.6 Å². The third-order valence-electron chi connectivity index (χ3n) is 2.73. The van der Waals surface area contributed by atoms with Crippen LogP contribution in [-0.2, 0) is 20.8 Å². The molecule has 0 spiro atoms. The van der Waals surface area contributed by atoms with E-state index < -0.39 is 29.4 Å². The Morgan fingerprint density at radius 3 is 2.12 bits per heavy atom. The second-order valence-corrected chi connectivity index (χ2v) is 3.80. The van der Waals surface area contributed by atoms with Crippen molar-refractivity contribution in [3.8, 4) is 0 Å². The van der Waals surface area contributed by atoms with Gasteiger partial charge >= 0.3 is 0 Å². The van der Waals surface area contributed by atoms with E-state index in [-0.39, 0.29) is 6.42 Å². The first-order valence-electron chi connectivity index (χ1n) is 4.95. The lowest BCUT2D eigenvalue weighted by Crippen LogP contribution is -2.25. The van der Waals surface area contributed by atoms with Crippen molar-refractivity contribution in [1.29, 1.82) is 0 Å². The molecule has 0 aliphatic heterocycles. The maximum absolute atomic E-state index is 11.4. The van der Waals surface area contributed by atoms with Crippen LogP contribution in [0, 0.1) is 5.92 Å². The van der Waals surface area contributed by atoms with Crippen LogP contribution in [0.5, 0.6) is 0 Å². The second-order valence-electron chi connectivity index (χ2n) is 3.80. The van der Waals surface area contributed by atoms with Crippen LogP contribution in [0.2, 0.25) is 0 Å². The van der Waals surface area contributed by atoms with Gasteiger partial charge in [0.25, 0.3) is 5.78 Å². The molecular formula is C12H10O4. The van der Waals surface area contributed by atoms with E-state index in [2.05, 4.69) is 0 Å². The van der Waals surface area contributed by atoms with E-state index in [1.807, 2.05) is 6.07 Å². The average Bonchev–Trinajstić information content (AvgIpc) is 2.48. The maximum Gasteiger partial charge on any atom is 0.267 e. The van der Waals surface area contributed by atoms with Crippen molar-refractivity contribution in [2.45, 2.75) is 12.5 Å². The molecule has 82 valence electrons. The lowest BCUT2D eigenvalue weighted by Gasteiger charge is -2.10. The third-order valence-corrected chi connectivity index (χ3v) is 2.73. The molecule has 4 nitrogen and oxygen atoms in total. The first-order valence-corrected chi connectivity index (χ1v) is 4.95. The summed E-state index contributed by atoms with van der Waals surface area (Å²) in [6, 6.07) is 8.99. The summed E-state index contributed by atoms with van der Waals surface area (Å²) >= 11 is 0. The van der Waals surface area contributed by atoms with Crippen molar-refractivity contribution in [3.05, 3.63) is 35.9 Å². The number of ketones is 3. The van der Waals surface area contributed by atoms with E-state index in [1.54, 1.807) is 24.3 Å². The maximum atomic E-state index is 11.4. The molecule has 1 aliphatic rings. The van der Waals surface area contributed by atoms with Gasteiger partial charge in [0.05, 0.1) is 5.92 Å². The van der Waals surface area contributed by atoms with Crippen molar-refractivity contribution >= 4 is 17.3 Å². The van der Waals surface area contributed by atoms with Gasteiger partial charge in [-0.3, -0.25) is 14.4 Å². The number of benzene rings is 1. The first-order chi connectivity index (χ1) is 7.61. The fourth-order valence-corrected chi connectivity index (χ4v) is 1.82. The van der Waals surface area contributed by atoms with Crippen LogP contribution < -0.4 is 0 Å². The standard InChI is InChI=1S/C12H10O4/c13-9-8(10(14)12(16)11(9)15)6-7-4-2-1-3-5-7/h1-5,8-9,13H,6H2. The summed E-state index contributed by atoms with van der Waals surface area (Å²) in [7, 11) is 0. The minimum atomic E-state index is -1.47. The summed E-state index contributed by atoms with van der Waals surface area (Å²) in [4.78, 5) is 33.6. The van der Waals surface area contributed by atoms with Crippen LogP contribution >= 0.6 is 0 Å². The smallest absolute Gasteiger partial charge is 0.267 e. The number of rotatable bonds is 2.